The van der Waals surface area contributed by atoms with Gasteiger partial charge >= 0.3 is 5.97 Å². The molecule has 1 aliphatic heterocycles. The summed E-state index contributed by atoms with van der Waals surface area (Å²) in [6.45, 7) is 0. The monoisotopic (exact) mass is 484 g/mol. The molecule has 36 heavy (non-hydrogen) atoms. The number of carbonyl (C=O) groups is 1. The van der Waals surface area contributed by atoms with Crippen molar-refractivity contribution >= 4 is 12.0 Å². The molecule has 1 unspecified atom stereocenters. The molecule has 2 N–H and O–H groups in total. The predicted molar refractivity (Wildman–Crippen MR) is 133 cm³/mol. The minimum atomic E-state index is -0.566. The first kappa shape index (κ1) is 24.2. The Kier molecular flexibility index (Phi) is 7.12. The van der Waals surface area contributed by atoms with Gasteiger partial charge in [-0.05, 0) is 48.0 Å². The quantitative estimate of drug-likeness (QED) is 0.295. The SMILES string of the molecule is COc1ccc(/C=C/C(=O)Oc2ccc3c(c2)OC(N)=C(C#N)C3c2cc(OC)ccc2OC)cc1. The standard InChI is InChI=1S/C28H24N2O6/c1-32-18-7-4-17(5-8-18)6-13-26(31)35-20-9-11-21-25(15-20)36-28(30)23(16-29)27(21)22-14-19(33-2)10-12-24(22)34-3/h4-15,27H,30H2,1-3H3/b13-6+. The van der Waals surface area contributed by atoms with Crippen LogP contribution in [0, 0.1) is 11.3 Å². The number of fused-ring (bicyclic) bond motifs is 1. The van der Waals surface area contributed by atoms with E-state index < -0.39 is 11.9 Å². The highest BCUT2D eigenvalue weighted by Crippen LogP contribution is 2.46. The number of hydrogen-bond donors (Lipinski definition) is 1. The van der Waals surface area contributed by atoms with Gasteiger partial charge in [0.05, 0.1) is 27.2 Å². The van der Waals surface area contributed by atoms with Gasteiger partial charge < -0.3 is 29.4 Å². The van der Waals surface area contributed by atoms with Crippen LogP contribution in [0.5, 0.6) is 28.7 Å². The van der Waals surface area contributed by atoms with Crippen molar-refractivity contribution in [3.05, 3.63) is 94.9 Å². The van der Waals surface area contributed by atoms with Crippen LogP contribution in [0.4, 0.5) is 0 Å². The van der Waals surface area contributed by atoms with Crippen LogP contribution in [0.25, 0.3) is 6.08 Å². The molecule has 1 heterocycles. The maximum Gasteiger partial charge on any atom is 0.336 e. The van der Waals surface area contributed by atoms with Gasteiger partial charge in [-0.15, -0.1) is 0 Å². The lowest BCUT2D eigenvalue weighted by molar-refractivity contribution is -0.128. The minimum Gasteiger partial charge on any atom is -0.497 e. The number of nitrogens with two attached hydrogens (primary N) is 1. The molecule has 0 fully saturated rings. The second-order valence-corrected chi connectivity index (χ2v) is 7.76. The fourth-order valence-electron chi connectivity index (χ4n) is 3.91. The van der Waals surface area contributed by atoms with Gasteiger partial charge in [0.25, 0.3) is 0 Å². The van der Waals surface area contributed by atoms with E-state index in [1.807, 2.05) is 12.1 Å². The summed E-state index contributed by atoms with van der Waals surface area (Å²) >= 11 is 0. The number of methoxy groups -OCH3 is 3. The first-order chi connectivity index (χ1) is 17.5. The van der Waals surface area contributed by atoms with Gasteiger partial charge in [0.1, 0.15) is 40.4 Å². The average Bonchev–Trinajstić information content (AvgIpc) is 2.90. The number of benzene rings is 3. The number of esters is 1. The van der Waals surface area contributed by atoms with E-state index in [-0.39, 0.29) is 17.2 Å². The van der Waals surface area contributed by atoms with Crippen molar-refractivity contribution in [1.82, 2.24) is 0 Å². The van der Waals surface area contributed by atoms with E-state index in [0.717, 1.165) is 11.3 Å². The Morgan fingerprint density at radius 1 is 0.917 bits per heavy atom. The Labute approximate surface area is 208 Å². The van der Waals surface area contributed by atoms with Gasteiger partial charge in [-0.3, -0.25) is 0 Å². The van der Waals surface area contributed by atoms with E-state index in [9.17, 15) is 10.1 Å². The Morgan fingerprint density at radius 3 is 2.28 bits per heavy atom. The van der Waals surface area contributed by atoms with Crippen molar-refractivity contribution < 1.29 is 28.5 Å². The molecule has 1 aliphatic rings. The van der Waals surface area contributed by atoms with Crippen LogP contribution in [0.3, 0.4) is 0 Å². The molecule has 3 aromatic carbocycles. The highest BCUT2D eigenvalue weighted by atomic mass is 16.5. The predicted octanol–water partition coefficient (Wildman–Crippen LogP) is 4.55. The van der Waals surface area contributed by atoms with Crippen LogP contribution < -0.4 is 29.4 Å². The molecular weight excluding hydrogens is 460 g/mol. The molecule has 4 rings (SSSR count). The number of ether oxygens (including phenoxy) is 5. The molecule has 0 radical (unpaired) electrons. The maximum absolute atomic E-state index is 12.4. The van der Waals surface area contributed by atoms with Crippen molar-refractivity contribution in [3.8, 4) is 34.8 Å². The lowest BCUT2D eigenvalue weighted by Gasteiger charge is -2.28. The second-order valence-electron chi connectivity index (χ2n) is 7.76. The van der Waals surface area contributed by atoms with Crippen LogP contribution in [0.2, 0.25) is 0 Å². The summed E-state index contributed by atoms with van der Waals surface area (Å²) in [6.07, 6.45) is 2.97. The summed E-state index contributed by atoms with van der Waals surface area (Å²) in [7, 11) is 4.69. The van der Waals surface area contributed by atoms with E-state index in [4.69, 9.17) is 29.4 Å². The number of nitriles is 1. The Bertz CT molecular complexity index is 1390. The topological polar surface area (TPSA) is 113 Å². The number of allylic oxidation sites excluding steroid dienone is 1. The van der Waals surface area contributed by atoms with E-state index in [1.165, 1.54) is 6.08 Å². The molecule has 0 amide bonds. The highest BCUT2D eigenvalue weighted by molar-refractivity contribution is 5.88. The van der Waals surface area contributed by atoms with Crippen LogP contribution in [-0.2, 0) is 4.79 Å². The molecule has 0 saturated heterocycles. The first-order valence-electron chi connectivity index (χ1n) is 10.9. The molecular formula is C28H24N2O6. The fourth-order valence-corrected chi connectivity index (χ4v) is 3.91. The summed E-state index contributed by atoms with van der Waals surface area (Å²) in [5, 5.41) is 9.84. The fraction of sp³-hybridized carbons (Fsp3) is 0.143. The zero-order chi connectivity index (χ0) is 25.7. The van der Waals surface area contributed by atoms with Gasteiger partial charge in [0, 0.05) is 23.3 Å². The van der Waals surface area contributed by atoms with Crippen LogP contribution in [0.1, 0.15) is 22.6 Å². The second kappa shape index (κ2) is 10.6. The summed E-state index contributed by atoms with van der Waals surface area (Å²) in [5.41, 5.74) is 8.52. The molecule has 182 valence electrons. The molecule has 8 nitrogen and oxygen atoms in total. The van der Waals surface area contributed by atoms with Crippen molar-refractivity contribution in [1.29, 1.82) is 5.26 Å². The van der Waals surface area contributed by atoms with Gasteiger partial charge in [-0.25, -0.2) is 4.79 Å². The van der Waals surface area contributed by atoms with E-state index >= 15 is 0 Å². The minimum absolute atomic E-state index is 0.0391. The molecule has 0 bridgehead atoms. The summed E-state index contributed by atoms with van der Waals surface area (Å²) in [5.74, 6) is 1.35. The Hall–Kier alpha value is -4.90. The molecule has 8 heteroatoms. The first-order valence-corrected chi connectivity index (χ1v) is 10.9. The van der Waals surface area contributed by atoms with Crippen molar-refractivity contribution in [2.75, 3.05) is 21.3 Å². The van der Waals surface area contributed by atoms with E-state index in [0.29, 0.717) is 28.4 Å². The normalized spacial score (nSPS) is 14.4. The van der Waals surface area contributed by atoms with Gasteiger partial charge in [-0.2, -0.15) is 5.26 Å². The third kappa shape index (κ3) is 4.95. The third-order valence-electron chi connectivity index (χ3n) is 5.68. The number of carbonyl (C=O) groups excluding carboxylic acids is 1. The molecule has 0 spiro atoms. The van der Waals surface area contributed by atoms with Gasteiger partial charge in [0.2, 0.25) is 5.88 Å². The molecule has 0 aliphatic carbocycles. The van der Waals surface area contributed by atoms with Crippen molar-refractivity contribution in [2.24, 2.45) is 5.73 Å². The molecule has 0 saturated carbocycles. The number of rotatable bonds is 7. The van der Waals surface area contributed by atoms with Crippen molar-refractivity contribution in [3.63, 3.8) is 0 Å². The van der Waals surface area contributed by atoms with Crippen LogP contribution >= 0.6 is 0 Å². The molecule has 0 aromatic heterocycles. The van der Waals surface area contributed by atoms with Crippen molar-refractivity contribution in [2.45, 2.75) is 5.92 Å². The smallest absolute Gasteiger partial charge is 0.336 e. The van der Waals surface area contributed by atoms with Gasteiger partial charge in [-0.1, -0.05) is 18.2 Å². The average molecular weight is 485 g/mol. The lowest BCUT2D eigenvalue weighted by atomic mass is 9.83. The van der Waals surface area contributed by atoms with Crippen LogP contribution in [-0.4, -0.2) is 27.3 Å². The largest absolute Gasteiger partial charge is 0.497 e. The zero-order valence-corrected chi connectivity index (χ0v) is 20.0. The summed E-state index contributed by atoms with van der Waals surface area (Å²) in [4.78, 5) is 12.4. The maximum atomic E-state index is 12.4. The summed E-state index contributed by atoms with van der Waals surface area (Å²) in [6, 6.07) is 19.7. The van der Waals surface area contributed by atoms with E-state index in [2.05, 4.69) is 6.07 Å². The molecule has 1 atom stereocenters. The van der Waals surface area contributed by atoms with Crippen LogP contribution in [0.15, 0.2) is 78.2 Å². The molecule has 3 aromatic rings. The zero-order valence-electron chi connectivity index (χ0n) is 20.0. The Balaban J connectivity index is 1.62. The highest BCUT2D eigenvalue weighted by Gasteiger charge is 2.33. The summed E-state index contributed by atoms with van der Waals surface area (Å²) < 4.78 is 27.2. The third-order valence-corrected chi connectivity index (χ3v) is 5.68. The number of hydrogen-bond acceptors (Lipinski definition) is 8. The number of nitrogens with zero attached hydrogens (tertiary/aromatic N) is 1. The van der Waals surface area contributed by atoms with E-state index in [1.54, 1.807) is 75.9 Å². The Morgan fingerprint density at radius 2 is 1.61 bits per heavy atom. The van der Waals surface area contributed by atoms with Gasteiger partial charge in [0.15, 0.2) is 0 Å². The lowest BCUT2D eigenvalue weighted by Crippen LogP contribution is -2.21.